The zero-order valence-electron chi connectivity index (χ0n) is 14.4. The van der Waals surface area contributed by atoms with Crippen LogP contribution in [0.1, 0.15) is 10.4 Å². The van der Waals surface area contributed by atoms with E-state index >= 15 is 0 Å². The fourth-order valence-electron chi connectivity index (χ4n) is 1.93. The SMILES string of the molecule is CON(C)S(=O)(=O)c1ccc(C(=O)NNC(=S)Nc2ccccc2F)cc1. The molecule has 0 saturated heterocycles. The molecule has 0 heterocycles. The molecule has 2 aromatic carbocycles. The van der Waals surface area contributed by atoms with Gasteiger partial charge in [-0.2, -0.15) is 0 Å². The van der Waals surface area contributed by atoms with E-state index < -0.39 is 21.7 Å². The number of nitrogens with zero attached hydrogens (tertiary/aromatic N) is 1. The van der Waals surface area contributed by atoms with Crippen LogP contribution in [0.2, 0.25) is 0 Å². The summed E-state index contributed by atoms with van der Waals surface area (Å²) >= 11 is 4.97. The van der Waals surface area contributed by atoms with Crippen LogP contribution in [0.3, 0.4) is 0 Å². The van der Waals surface area contributed by atoms with Gasteiger partial charge in [0.25, 0.3) is 15.9 Å². The van der Waals surface area contributed by atoms with E-state index in [1.807, 2.05) is 0 Å². The Morgan fingerprint density at radius 2 is 1.74 bits per heavy atom. The minimum Gasteiger partial charge on any atom is -0.329 e. The maximum Gasteiger partial charge on any atom is 0.269 e. The monoisotopic (exact) mass is 412 g/mol. The molecule has 0 atom stereocenters. The summed E-state index contributed by atoms with van der Waals surface area (Å²) in [4.78, 5) is 16.7. The third kappa shape index (κ3) is 5.20. The second-order valence-corrected chi connectivity index (χ2v) is 7.48. The number of halogens is 1. The van der Waals surface area contributed by atoms with Gasteiger partial charge in [-0.05, 0) is 48.6 Å². The highest BCUT2D eigenvalue weighted by atomic mass is 32.2. The Labute approximate surface area is 161 Å². The minimum atomic E-state index is -3.80. The zero-order valence-corrected chi connectivity index (χ0v) is 16.0. The molecule has 0 radical (unpaired) electrons. The number of nitrogens with one attached hydrogen (secondary N) is 3. The van der Waals surface area contributed by atoms with Gasteiger partial charge in [-0.3, -0.25) is 20.5 Å². The van der Waals surface area contributed by atoms with Crippen LogP contribution < -0.4 is 16.2 Å². The summed E-state index contributed by atoms with van der Waals surface area (Å²) in [5.41, 5.74) is 5.11. The van der Waals surface area contributed by atoms with Gasteiger partial charge in [-0.25, -0.2) is 12.8 Å². The summed E-state index contributed by atoms with van der Waals surface area (Å²) in [7, 11) is -1.32. The molecule has 0 unspecified atom stereocenters. The fraction of sp³-hybridized carbons (Fsp3) is 0.125. The number of amides is 1. The number of carbonyl (C=O) groups excluding carboxylic acids is 1. The Balaban J connectivity index is 1.96. The number of para-hydroxylation sites is 1. The summed E-state index contributed by atoms with van der Waals surface area (Å²) in [5.74, 6) is -1.05. The maximum atomic E-state index is 13.5. The number of anilines is 1. The van der Waals surface area contributed by atoms with Crippen molar-refractivity contribution in [2.45, 2.75) is 4.90 Å². The number of thiocarbonyl (C=S) groups is 1. The maximum absolute atomic E-state index is 13.5. The van der Waals surface area contributed by atoms with Crippen molar-refractivity contribution in [3.63, 3.8) is 0 Å². The average molecular weight is 412 g/mol. The molecule has 0 saturated carbocycles. The fourth-order valence-corrected chi connectivity index (χ4v) is 3.06. The van der Waals surface area contributed by atoms with E-state index in [9.17, 15) is 17.6 Å². The van der Waals surface area contributed by atoms with E-state index in [1.54, 1.807) is 6.07 Å². The van der Waals surface area contributed by atoms with Crippen molar-refractivity contribution in [1.82, 2.24) is 15.3 Å². The van der Waals surface area contributed by atoms with E-state index in [2.05, 4.69) is 21.0 Å². The first-order chi connectivity index (χ1) is 12.8. The van der Waals surface area contributed by atoms with Gasteiger partial charge in [0.1, 0.15) is 5.82 Å². The quantitative estimate of drug-likeness (QED) is 0.507. The molecule has 0 aliphatic carbocycles. The van der Waals surface area contributed by atoms with Crippen molar-refractivity contribution >= 4 is 38.9 Å². The van der Waals surface area contributed by atoms with Crippen molar-refractivity contribution in [2.24, 2.45) is 0 Å². The third-order valence-electron chi connectivity index (χ3n) is 3.42. The largest absolute Gasteiger partial charge is 0.329 e. The van der Waals surface area contributed by atoms with Crippen LogP contribution in [-0.2, 0) is 14.9 Å². The lowest BCUT2D eigenvalue weighted by molar-refractivity contribution is -0.0258. The van der Waals surface area contributed by atoms with Crippen molar-refractivity contribution in [3.8, 4) is 0 Å². The van der Waals surface area contributed by atoms with Crippen LogP contribution in [0.4, 0.5) is 10.1 Å². The highest BCUT2D eigenvalue weighted by Gasteiger charge is 2.21. The molecule has 1 amide bonds. The average Bonchev–Trinajstić information content (AvgIpc) is 2.67. The van der Waals surface area contributed by atoms with Crippen molar-refractivity contribution in [3.05, 3.63) is 59.9 Å². The highest BCUT2D eigenvalue weighted by molar-refractivity contribution is 7.89. The molecule has 0 spiro atoms. The summed E-state index contributed by atoms with van der Waals surface area (Å²) in [6, 6.07) is 11.1. The van der Waals surface area contributed by atoms with E-state index in [4.69, 9.17) is 12.2 Å². The topological polar surface area (TPSA) is 99.8 Å². The first kappa shape index (κ1) is 20.7. The summed E-state index contributed by atoms with van der Waals surface area (Å²) < 4.78 is 38.4. The number of hydrogen-bond donors (Lipinski definition) is 3. The Bertz CT molecular complexity index is 936. The van der Waals surface area contributed by atoms with Gasteiger partial charge in [0.05, 0.1) is 17.7 Å². The van der Waals surface area contributed by atoms with Crippen LogP contribution in [0.15, 0.2) is 53.4 Å². The number of hydrogen-bond acceptors (Lipinski definition) is 5. The molecule has 0 bridgehead atoms. The van der Waals surface area contributed by atoms with Gasteiger partial charge in [-0.1, -0.05) is 16.6 Å². The Hall–Kier alpha value is -2.60. The molecule has 11 heteroatoms. The third-order valence-corrected chi connectivity index (χ3v) is 5.32. The summed E-state index contributed by atoms with van der Waals surface area (Å²) in [6.45, 7) is 0. The predicted octanol–water partition coefficient (Wildman–Crippen LogP) is 1.64. The molecule has 0 aromatic heterocycles. The predicted molar refractivity (Wildman–Crippen MR) is 102 cm³/mol. The lowest BCUT2D eigenvalue weighted by Crippen LogP contribution is -2.43. The summed E-state index contributed by atoms with van der Waals surface area (Å²) in [6.07, 6.45) is 0. The lowest BCUT2D eigenvalue weighted by atomic mass is 10.2. The second-order valence-electron chi connectivity index (χ2n) is 5.13. The van der Waals surface area contributed by atoms with Crippen molar-refractivity contribution in [1.29, 1.82) is 0 Å². The van der Waals surface area contributed by atoms with Crippen LogP contribution in [0.25, 0.3) is 0 Å². The molecule has 8 nitrogen and oxygen atoms in total. The summed E-state index contributed by atoms with van der Waals surface area (Å²) in [5, 5.41) is 2.58. The molecular formula is C16H17FN4O4S2. The van der Waals surface area contributed by atoms with E-state index in [0.717, 1.165) is 0 Å². The standard InChI is InChI=1S/C16H17FN4O4S2/c1-21(25-2)27(23,24)12-9-7-11(8-10-12)15(22)19-20-16(26)18-14-6-4-3-5-13(14)17/h3-10H,1-2H3,(H,19,22)(H2,18,20,26). The molecule has 0 aliphatic rings. The van der Waals surface area contributed by atoms with Gasteiger partial charge < -0.3 is 5.32 Å². The lowest BCUT2D eigenvalue weighted by Gasteiger charge is -2.14. The smallest absolute Gasteiger partial charge is 0.269 e. The molecule has 3 N–H and O–H groups in total. The molecule has 0 aliphatic heterocycles. The van der Waals surface area contributed by atoms with Gasteiger partial charge >= 0.3 is 0 Å². The molecule has 2 aromatic rings. The van der Waals surface area contributed by atoms with Crippen molar-refractivity contribution < 1.29 is 22.4 Å². The van der Waals surface area contributed by atoms with Gasteiger partial charge in [0, 0.05) is 12.6 Å². The number of rotatable bonds is 5. The molecule has 27 heavy (non-hydrogen) atoms. The number of carbonyl (C=O) groups is 1. The van der Waals surface area contributed by atoms with E-state index in [1.165, 1.54) is 56.6 Å². The van der Waals surface area contributed by atoms with Crippen LogP contribution >= 0.6 is 12.2 Å². The van der Waals surface area contributed by atoms with E-state index in [-0.39, 0.29) is 21.3 Å². The first-order valence-corrected chi connectivity index (χ1v) is 9.35. The minimum absolute atomic E-state index is 0.0191. The number of sulfonamides is 1. The molecule has 144 valence electrons. The first-order valence-electron chi connectivity index (χ1n) is 7.50. The van der Waals surface area contributed by atoms with Gasteiger partial charge in [0.15, 0.2) is 5.11 Å². The van der Waals surface area contributed by atoms with Crippen LogP contribution in [0, 0.1) is 5.82 Å². The van der Waals surface area contributed by atoms with E-state index in [0.29, 0.717) is 4.47 Å². The Morgan fingerprint density at radius 1 is 1.11 bits per heavy atom. The molecule has 2 rings (SSSR count). The van der Waals surface area contributed by atoms with Gasteiger partial charge in [0.2, 0.25) is 0 Å². The Morgan fingerprint density at radius 3 is 2.33 bits per heavy atom. The second kappa shape index (κ2) is 8.86. The van der Waals surface area contributed by atoms with Crippen LogP contribution in [0.5, 0.6) is 0 Å². The van der Waals surface area contributed by atoms with Gasteiger partial charge in [-0.15, -0.1) is 0 Å². The molecular weight excluding hydrogens is 395 g/mol. The van der Waals surface area contributed by atoms with Crippen LogP contribution in [-0.4, -0.2) is 38.1 Å². The van der Waals surface area contributed by atoms with Crippen molar-refractivity contribution in [2.75, 3.05) is 19.5 Å². The normalized spacial score (nSPS) is 11.1. The molecule has 0 fully saturated rings. The number of hydroxylamine groups is 1. The number of hydrazine groups is 1. The highest BCUT2D eigenvalue weighted by Crippen LogP contribution is 2.15. The number of benzene rings is 2. The Kier molecular flexibility index (Phi) is 6.80. The zero-order chi connectivity index (χ0) is 20.0.